The number of hydrogen-bond donors (Lipinski definition) is 5. The van der Waals surface area contributed by atoms with Gasteiger partial charge in [-0.15, -0.1) is 0 Å². The van der Waals surface area contributed by atoms with Gasteiger partial charge in [0.05, 0.1) is 31.2 Å². The fourth-order valence-electron chi connectivity index (χ4n) is 8.34. The lowest BCUT2D eigenvalue weighted by Gasteiger charge is -2.50. The molecule has 266 valence electrons. The molecule has 2 aliphatic carbocycles. The molecule has 2 aliphatic heterocycles. The largest absolute Gasteiger partial charge is 0.508 e. The van der Waals surface area contributed by atoms with Crippen molar-refractivity contribution < 1.29 is 49.4 Å². The number of benzene rings is 2. The molecule has 2 heterocycles. The van der Waals surface area contributed by atoms with Crippen LogP contribution in [-0.4, -0.2) is 67.2 Å². The second-order valence-electron chi connectivity index (χ2n) is 14.5. The fourth-order valence-corrected chi connectivity index (χ4v) is 8.34. The zero-order valence-corrected chi connectivity index (χ0v) is 28.6. The molecule has 2 bridgehead atoms. The number of phenolic OH excluding ortho intramolecular Hbond substituents is 1. The smallest absolute Gasteiger partial charge is 0.334 e. The Hall–Kier alpha value is -4.01. The molecule has 50 heavy (non-hydrogen) atoms. The molecule has 0 radical (unpaired) electrons. The summed E-state index contributed by atoms with van der Waals surface area (Å²) in [5.74, 6) is 4.12. The van der Waals surface area contributed by atoms with Crippen LogP contribution in [0.15, 0.2) is 42.0 Å². The number of esters is 2. The average Bonchev–Trinajstić information content (AvgIpc) is 3.08. The van der Waals surface area contributed by atoms with Crippen LogP contribution in [0.2, 0.25) is 0 Å². The summed E-state index contributed by atoms with van der Waals surface area (Å²) in [6.07, 6.45) is 1.85. The minimum Gasteiger partial charge on any atom is -0.508 e. The predicted molar refractivity (Wildman–Crippen MR) is 182 cm³/mol. The van der Waals surface area contributed by atoms with Crippen LogP contribution >= 0.6 is 0 Å². The van der Waals surface area contributed by atoms with E-state index in [4.69, 9.17) is 9.47 Å². The zero-order chi connectivity index (χ0) is 35.7. The van der Waals surface area contributed by atoms with E-state index < -0.39 is 47.7 Å². The highest BCUT2D eigenvalue weighted by atomic mass is 16.6. The summed E-state index contributed by atoms with van der Waals surface area (Å²) in [7, 11) is 0. The molecule has 2 fully saturated rings. The highest BCUT2D eigenvalue weighted by Crippen LogP contribution is 2.49. The van der Waals surface area contributed by atoms with Crippen molar-refractivity contribution in [3.05, 3.63) is 69.8 Å². The zero-order valence-electron chi connectivity index (χ0n) is 28.6. The third-order valence-electron chi connectivity index (χ3n) is 11.1. The number of aliphatic hydroxyl groups excluding tert-OH is 3. The molecule has 5 N–H and O–H groups in total. The van der Waals surface area contributed by atoms with Gasteiger partial charge in [-0.2, -0.15) is 0 Å². The maximum Gasteiger partial charge on any atom is 0.334 e. The van der Waals surface area contributed by atoms with Gasteiger partial charge in [0.25, 0.3) is 0 Å². The van der Waals surface area contributed by atoms with E-state index in [-0.39, 0.29) is 61.4 Å². The number of aliphatic hydroxyl groups is 4. The predicted octanol–water partition coefficient (Wildman–Crippen LogP) is 4.05. The first-order valence-electron chi connectivity index (χ1n) is 17.7. The molecule has 2 aromatic carbocycles. The first kappa shape index (κ1) is 35.8. The van der Waals surface area contributed by atoms with Gasteiger partial charge >= 0.3 is 11.9 Å². The van der Waals surface area contributed by atoms with Gasteiger partial charge in [0, 0.05) is 48.8 Å². The Bertz CT molecular complexity index is 1750. The molecular formula is C40H46O10. The number of Topliss-reactive ketones (excluding diaryl/α,β-unsaturated/α-hetero) is 1. The first-order chi connectivity index (χ1) is 23.9. The average molecular weight is 687 g/mol. The maximum absolute atomic E-state index is 14.1. The summed E-state index contributed by atoms with van der Waals surface area (Å²) in [4.78, 5) is 39.3. The number of aromatic hydroxyl groups is 1. The molecule has 2 saturated carbocycles. The maximum atomic E-state index is 14.1. The van der Waals surface area contributed by atoms with Crippen LogP contribution in [0.4, 0.5) is 0 Å². The van der Waals surface area contributed by atoms with Gasteiger partial charge in [-0.3, -0.25) is 9.59 Å². The monoisotopic (exact) mass is 686 g/mol. The van der Waals surface area contributed by atoms with Crippen molar-refractivity contribution in [2.75, 3.05) is 0 Å². The van der Waals surface area contributed by atoms with E-state index in [9.17, 15) is 39.9 Å². The van der Waals surface area contributed by atoms with Gasteiger partial charge in [0.1, 0.15) is 29.0 Å². The number of fused-ring (bicyclic) bond motifs is 2. The minimum atomic E-state index is -1.45. The molecule has 0 unspecified atom stereocenters. The Labute approximate surface area is 292 Å². The van der Waals surface area contributed by atoms with Crippen LogP contribution in [0.5, 0.6) is 11.5 Å². The van der Waals surface area contributed by atoms with Crippen LogP contribution in [-0.2, 0) is 38.6 Å². The molecule has 4 aliphatic rings. The second-order valence-corrected chi connectivity index (χ2v) is 14.5. The van der Waals surface area contributed by atoms with E-state index in [0.29, 0.717) is 65.5 Å². The van der Waals surface area contributed by atoms with E-state index in [2.05, 4.69) is 11.8 Å². The summed E-state index contributed by atoms with van der Waals surface area (Å²) in [6, 6.07) is 8.46. The van der Waals surface area contributed by atoms with Crippen LogP contribution in [0, 0.1) is 23.7 Å². The van der Waals surface area contributed by atoms with E-state index in [1.54, 1.807) is 31.2 Å². The summed E-state index contributed by atoms with van der Waals surface area (Å²) < 4.78 is 11.8. The Morgan fingerprint density at radius 3 is 2.48 bits per heavy atom. The standard InChI is InChI=1S/C40H46O10/c1-3-25-15-26(29-12-23(11-24(13-29)21-41)14-34(44)22(2)42)6-7-27-19-38(46)49-36-20-35(45)30(17-32(27)36)18-37(50-39(25)47)40(48)10-4-5-28-16-31(43)8-9-33(28)40/h3,11-13,17,20,22,26-28,33-34,37,41-42,44-45,48H,4-5,8-10,14-16,18-19,21H2,1-2H3/b25-3-/t22-,26+,27+,28+,33-,34-,37+,40-/m0/s1. The van der Waals surface area contributed by atoms with Gasteiger partial charge in [-0.1, -0.05) is 42.5 Å². The van der Waals surface area contributed by atoms with Gasteiger partial charge in [-0.25, -0.2) is 4.79 Å². The van der Waals surface area contributed by atoms with Crippen molar-refractivity contribution in [1.29, 1.82) is 0 Å². The molecule has 0 spiro atoms. The summed E-state index contributed by atoms with van der Waals surface area (Å²) in [5, 5.41) is 54.2. The minimum absolute atomic E-state index is 0.000545. The number of ether oxygens (including phenoxy) is 2. The third kappa shape index (κ3) is 7.38. The molecule has 10 heteroatoms. The van der Waals surface area contributed by atoms with Crippen LogP contribution in [0.3, 0.4) is 0 Å². The number of carbonyl (C=O) groups is 3. The number of carbonyl (C=O) groups excluding carboxylic acids is 3. The number of hydrogen-bond acceptors (Lipinski definition) is 10. The van der Waals surface area contributed by atoms with Crippen LogP contribution in [0.25, 0.3) is 0 Å². The van der Waals surface area contributed by atoms with Crippen molar-refractivity contribution in [2.24, 2.45) is 11.8 Å². The van der Waals surface area contributed by atoms with Gasteiger partial charge in [0.15, 0.2) is 0 Å². The van der Waals surface area contributed by atoms with Crippen molar-refractivity contribution in [1.82, 2.24) is 0 Å². The molecule has 2 aromatic rings. The second kappa shape index (κ2) is 14.7. The number of phenols is 1. The summed E-state index contributed by atoms with van der Waals surface area (Å²) >= 11 is 0. The SMILES string of the molecule is C/C=C1/C[C@H](c2cc(CO)cc(C[C@H](O)[C@H](C)O)c2)C#C[C@@H]2CC(=O)Oc3cc(O)c(cc32)C[C@H]([C@]2(O)CCC[C@@H]3CC(=O)CC[C@@H]32)OC1=O. The summed E-state index contributed by atoms with van der Waals surface area (Å²) in [5.41, 5.74) is 1.78. The van der Waals surface area contributed by atoms with Gasteiger partial charge < -0.3 is 35.0 Å². The van der Waals surface area contributed by atoms with Crippen molar-refractivity contribution in [3.63, 3.8) is 0 Å². The lowest BCUT2D eigenvalue weighted by Crippen LogP contribution is -2.57. The number of allylic oxidation sites excluding steroid dienone is 1. The Morgan fingerprint density at radius 2 is 1.74 bits per heavy atom. The first-order valence-corrected chi connectivity index (χ1v) is 17.7. The summed E-state index contributed by atoms with van der Waals surface area (Å²) in [6.45, 7) is 2.93. The molecule has 0 saturated heterocycles. The van der Waals surface area contributed by atoms with Crippen molar-refractivity contribution >= 4 is 17.7 Å². The molecule has 6 rings (SSSR count). The quantitative estimate of drug-likeness (QED) is 0.129. The van der Waals surface area contributed by atoms with Crippen molar-refractivity contribution in [3.8, 4) is 23.3 Å². The molecule has 0 amide bonds. The Morgan fingerprint density at radius 1 is 0.980 bits per heavy atom. The number of cyclic esters (lactones) is 1. The molecule has 8 atom stereocenters. The lowest BCUT2D eigenvalue weighted by atomic mass is 9.60. The molecular weight excluding hydrogens is 640 g/mol. The fraction of sp³-hybridized carbons (Fsp3) is 0.525. The number of rotatable bonds is 6. The van der Waals surface area contributed by atoms with Crippen LogP contribution < -0.4 is 4.74 Å². The Kier molecular flexibility index (Phi) is 10.5. The van der Waals surface area contributed by atoms with Crippen LogP contribution in [0.1, 0.15) is 105 Å². The van der Waals surface area contributed by atoms with E-state index in [1.165, 1.54) is 13.0 Å². The van der Waals surface area contributed by atoms with Gasteiger partial charge in [0.2, 0.25) is 0 Å². The van der Waals surface area contributed by atoms with Crippen molar-refractivity contribution in [2.45, 2.75) is 120 Å². The molecule has 10 nitrogen and oxygen atoms in total. The van der Waals surface area contributed by atoms with Gasteiger partial charge in [-0.05, 0) is 79.7 Å². The highest BCUT2D eigenvalue weighted by molar-refractivity contribution is 5.89. The van der Waals surface area contributed by atoms with E-state index in [1.807, 2.05) is 6.07 Å². The number of ketones is 1. The highest BCUT2D eigenvalue weighted by Gasteiger charge is 2.52. The third-order valence-corrected chi connectivity index (χ3v) is 11.1. The van der Waals surface area contributed by atoms with E-state index in [0.717, 1.165) is 6.42 Å². The molecule has 0 aromatic heterocycles. The van der Waals surface area contributed by atoms with E-state index >= 15 is 0 Å². The normalized spacial score (nSPS) is 30.3. The Balaban J connectivity index is 1.46. The lowest BCUT2D eigenvalue weighted by molar-refractivity contribution is -0.187. The topological polar surface area (TPSA) is 171 Å².